The van der Waals surface area contributed by atoms with Gasteiger partial charge in [0.25, 0.3) is 0 Å². The Hall–Kier alpha value is -1.23. The molecule has 0 saturated heterocycles. The average Bonchev–Trinajstić information content (AvgIpc) is 3.12. The van der Waals surface area contributed by atoms with Crippen molar-refractivity contribution in [2.45, 2.75) is 30.9 Å². The molecule has 0 unspecified atom stereocenters. The van der Waals surface area contributed by atoms with E-state index in [0.29, 0.717) is 12.2 Å². The maximum absolute atomic E-state index is 12.3. The molecule has 0 aromatic heterocycles. The zero-order valence-corrected chi connectivity index (χ0v) is 10.4. The van der Waals surface area contributed by atoms with Crippen molar-refractivity contribution in [2.75, 3.05) is 16.6 Å². The fourth-order valence-corrected chi connectivity index (χ4v) is 4.29. The number of fused-ring (bicyclic) bond motifs is 1. The second-order valence-corrected chi connectivity index (χ2v) is 6.95. The zero-order chi connectivity index (χ0) is 12.0. The van der Waals surface area contributed by atoms with Gasteiger partial charge in [0.15, 0.2) is 0 Å². The molecule has 4 nitrogen and oxygen atoms in total. The minimum Gasteiger partial charge on any atom is -0.399 e. The summed E-state index contributed by atoms with van der Waals surface area (Å²) in [5.74, 6) is 0. The van der Waals surface area contributed by atoms with Gasteiger partial charge < -0.3 is 5.73 Å². The molecule has 1 fully saturated rings. The molecule has 5 heteroatoms. The molecule has 0 amide bonds. The molecule has 2 aliphatic rings. The summed E-state index contributed by atoms with van der Waals surface area (Å²) >= 11 is 0. The van der Waals surface area contributed by atoms with Crippen molar-refractivity contribution in [3.8, 4) is 0 Å². The van der Waals surface area contributed by atoms with Crippen LogP contribution in [0.25, 0.3) is 0 Å². The van der Waals surface area contributed by atoms with Crippen LogP contribution in [0.1, 0.15) is 24.8 Å². The number of hydrogen-bond donors (Lipinski definition) is 1. The van der Waals surface area contributed by atoms with Crippen LogP contribution in [0.3, 0.4) is 0 Å². The van der Waals surface area contributed by atoms with Gasteiger partial charge in [-0.25, -0.2) is 8.42 Å². The van der Waals surface area contributed by atoms with E-state index in [0.717, 1.165) is 36.9 Å². The largest absolute Gasteiger partial charge is 0.399 e. The Morgan fingerprint density at radius 1 is 1.29 bits per heavy atom. The van der Waals surface area contributed by atoms with Crippen LogP contribution >= 0.6 is 0 Å². The number of nitrogens with two attached hydrogens (primary N) is 1. The lowest BCUT2D eigenvalue weighted by Gasteiger charge is -2.30. The van der Waals surface area contributed by atoms with Crippen molar-refractivity contribution in [2.24, 2.45) is 0 Å². The monoisotopic (exact) mass is 252 g/mol. The molecule has 1 aromatic rings. The number of sulfonamides is 1. The first-order valence-electron chi connectivity index (χ1n) is 5.99. The molecule has 1 saturated carbocycles. The van der Waals surface area contributed by atoms with E-state index < -0.39 is 10.0 Å². The molecule has 1 aliphatic carbocycles. The van der Waals surface area contributed by atoms with Crippen LogP contribution in [0.4, 0.5) is 11.4 Å². The Bertz CT molecular complexity index is 550. The van der Waals surface area contributed by atoms with Crippen molar-refractivity contribution in [1.29, 1.82) is 0 Å². The number of anilines is 2. The van der Waals surface area contributed by atoms with Gasteiger partial charge in [0.05, 0.1) is 10.9 Å². The van der Waals surface area contributed by atoms with Crippen molar-refractivity contribution < 1.29 is 8.42 Å². The third-order valence-electron chi connectivity index (χ3n) is 3.44. The quantitative estimate of drug-likeness (QED) is 0.812. The summed E-state index contributed by atoms with van der Waals surface area (Å²) in [5.41, 5.74) is 8.27. The predicted molar refractivity (Wildman–Crippen MR) is 68.5 cm³/mol. The van der Waals surface area contributed by atoms with E-state index in [1.54, 1.807) is 10.4 Å². The van der Waals surface area contributed by atoms with Crippen LogP contribution in [0.5, 0.6) is 0 Å². The van der Waals surface area contributed by atoms with Gasteiger partial charge in [-0.2, -0.15) is 0 Å². The van der Waals surface area contributed by atoms with Gasteiger partial charge in [-0.3, -0.25) is 4.31 Å². The van der Waals surface area contributed by atoms with E-state index in [-0.39, 0.29) is 5.25 Å². The molecule has 0 bridgehead atoms. The Morgan fingerprint density at radius 3 is 2.76 bits per heavy atom. The summed E-state index contributed by atoms with van der Waals surface area (Å²) in [6.07, 6.45) is 3.43. The highest BCUT2D eigenvalue weighted by molar-refractivity contribution is 7.93. The number of rotatable bonds is 2. The molecule has 1 aromatic carbocycles. The van der Waals surface area contributed by atoms with E-state index in [9.17, 15) is 8.42 Å². The molecule has 92 valence electrons. The minimum atomic E-state index is -3.14. The van der Waals surface area contributed by atoms with Gasteiger partial charge >= 0.3 is 0 Å². The fraction of sp³-hybridized carbons (Fsp3) is 0.500. The SMILES string of the molecule is Nc1ccc2c(c1)N(S(=O)(=O)C1CC1)CCC2. The van der Waals surface area contributed by atoms with Crippen molar-refractivity contribution in [1.82, 2.24) is 0 Å². The number of aryl methyl sites for hydroxylation is 1. The van der Waals surface area contributed by atoms with E-state index >= 15 is 0 Å². The number of benzene rings is 1. The highest BCUT2D eigenvalue weighted by Gasteiger charge is 2.41. The summed E-state index contributed by atoms with van der Waals surface area (Å²) in [6, 6.07) is 5.57. The van der Waals surface area contributed by atoms with Gasteiger partial charge in [-0.05, 0) is 43.4 Å². The summed E-state index contributed by atoms with van der Waals surface area (Å²) < 4.78 is 26.2. The summed E-state index contributed by atoms with van der Waals surface area (Å²) in [4.78, 5) is 0. The number of nitrogens with zero attached hydrogens (tertiary/aromatic N) is 1. The minimum absolute atomic E-state index is 0.158. The summed E-state index contributed by atoms with van der Waals surface area (Å²) in [7, 11) is -3.14. The van der Waals surface area contributed by atoms with Crippen LogP contribution < -0.4 is 10.0 Å². The second kappa shape index (κ2) is 3.63. The Kier molecular flexibility index (Phi) is 2.33. The molecule has 17 heavy (non-hydrogen) atoms. The number of hydrogen-bond acceptors (Lipinski definition) is 3. The Labute approximate surface area is 101 Å². The normalized spacial score (nSPS) is 20.1. The first-order valence-corrected chi connectivity index (χ1v) is 7.49. The maximum Gasteiger partial charge on any atom is 0.238 e. The Morgan fingerprint density at radius 2 is 2.06 bits per heavy atom. The van der Waals surface area contributed by atoms with E-state index in [2.05, 4.69) is 0 Å². The van der Waals surface area contributed by atoms with Crippen molar-refractivity contribution >= 4 is 21.4 Å². The molecule has 0 radical (unpaired) electrons. The standard InChI is InChI=1S/C12H16N2O2S/c13-10-4-3-9-2-1-7-14(12(9)8-10)17(15,16)11-5-6-11/h3-4,8,11H,1-2,5-7,13H2. The first kappa shape index (κ1) is 10.9. The molecular weight excluding hydrogens is 236 g/mol. The fourth-order valence-electron chi connectivity index (χ4n) is 2.37. The highest BCUT2D eigenvalue weighted by atomic mass is 32.2. The van der Waals surface area contributed by atoms with Crippen LogP contribution in [0.15, 0.2) is 18.2 Å². The molecule has 0 atom stereocenters. The first-order chi connectivity index (χ1) is 8.09. The predicted octanol–water partition coefficient (Wildman–Crippen LogP) is 1.51. The second-order valence-electron chi connectivity index (χ2n) is 4.81. The Balaban J connectivity index is 2.07. The lowest BCUT2D eigenvalue weighted by atomic mass is 10.0. The summed E-state index contributed by atoms with van der Waals surface area (Å²) in [5, 5.41) is -0.158. The van der Waals surface area contributed by atoms with Crippen LogP contribution in [-0.2, 0) is 16.4 Å². The summed E-state index contributed by atoms with van der Waals surface area (Å²) in [6.45, 7) is 0.593. The van der Waals surface area contributed by atoms with Gasteiger partial charge in [-0.15, -0.1) is 0 Å². The third-order valence-corrected chi connectivity index (χ3v) is 5.75. The van der Waals surface area contributed by atoms with Crippen LogP contribution in [0, 0.1) is 0 Å². The lowest BCUT2D eigenvalue weighted by molar-refractivity contribution is 0.585. The average molecular weight is 252 g/mol. The van der Waals surface area contributed by atoms with Gasteiger partial charge in [0.2, 0.25) is 10.0 Å². The highest BCUT2D eigenvalue weighted by Crippen LogP contribution is 2.37. The van der Waals surface area contributed by atoms with E-state index in [1.807, 2.05) is 12.1 Å². The maximum atomic E-state index is 12.3. The number of nitrogen functional groups attached to an aromatic ring is 1. The van der Waals surface area contributed by atoms with E-state index in [4.69, 9.17) is 5.73 Å². The topological polar surface area (TPSA) is 63.4 Å². The van der Waals surface area contributed by atoms with Gasteiger partial charge in [0, 0.05) is 12.2 Å². The third kappa shape index (κ3) is 1.78. The zero-order valence-electron chi connectivity index (χ0n) is 9.59. The molecule has 1 heterocycles. The van der Waals surface area contributed by atoms with Crippen molar-refractivity contribution in [3.05, 3.63) is 23.8 Å². The molecule has 2 N–H and O–H groups in total. The smallest absolute Gasteiger partial charge is 0.238 e. The molecular formula is C12H16N2O2S. The van der Waals surface area contributed by atoms with Gasteiger partial charge in [0.1, 0.15) is 0 Å². The van der Waals surface area contributed by atoms with Crippen LogP contribution in [0.2, 0.25) is 0 Å². The molecule has 3 rings (SSSR count). The van der Waals surface area contributed by atoms with Gasteiger partial charge in [-0.1, -0.05) is 6.07 Å². The molecule has 1 aliphatic heterocycles. The van der Waals surface area contributed by atoms with Crippen molar-refractivity contribution in [3.63, 3.8) is 0 Å². The van der Waals surface area contributed by atoms with E-state index in [1.165, 1.54) is 0 Å². The molecule has 0 spiro atoms. The lowest BCUT2D eigenvalue weighted by Crippen LogP contribution is -2.37. The van der Waals surface area contributed by atoms with Crippen LogP contribution in [-0.4, -0.2) is 20.2 Å².